The molecule has 0 aliphatic rings. The van der Waals surface area contributed by atoms with E-state index >= 15 is 0 Å². The highest BCUT2D eigenvalue weighted by atomic mass is 32.2. The molecule has 2 aromatic carbocycles. The molecular weight excluding hydrogens is 400 g/mol. The number of aromatic nitrogens is 1. The van der Waals surface area contributed by atoms with Gasteiger partial charge in [0.25, 0.3) is 10.0 Å². The summed E-state index contributed by atoms with van der Waals surface area (Å²) in [4.78, 5) is 16.6. The van der Waals surface area contributed by atoms with Crippen LogP contribution in [0, 0.1) is 13.8 Å². The lowest BCUT2D eigenvalue weighted by Gasteiger charge is -2.20. The predicted octanol–water partition coefficient (Wildman–Crippen LogP) is 3.53. The second kappa shape index (κ2) is 7.40. The second-order valence-corrected chi connectivity index (χ2v) is 9.12. The Bertz CT molecular complexity index is 1150. The van der Waals surface area contributed by atoms with Crippen LogP contribution in [0.15, 0.2) is 35.2 Å². The summed E-state index contributed by atoms with van der Waals surface area (Å²) in [5.74, 6) is 0.0779. The summed E-state index contributed by atoms with van der Waals surface area (Å²) in [5, 5.41) is 0.265. The number of fused-ring (bicyclic) bond motifs is 1. The van der Waals surface area contributed by atoms with Crippen LogP contribution in [0.3, 0.4) is 0 Å². The Morgan fingerprint density at radius 2 is 1.79 bits per heavy atom. The Morgan fingerprint density at radius 1 is 1.14 bits per heavy atom. The van der Waals surface area contributed by atoms with Gasteiger partial charge in [-0.15, -0.1) is 0 Å². The van der Waals surface area contributed by atoms with Crippen molar-refractivity contribution >= 4 is 42.7 Å². The minimum absolute atomic E-state index is 0.211. The lowest BCUT2D eigenvalue weighted by Crippen LogP contribution is -2.27. The van der Waals surface area contributed by atoms with Crippen molar-refractivity contribution < 1.29 is 22.7 Å². The van der Waals surface area contributed by atoms with Gasteiger partial charge in [-0.1, -0.05) is 17.4 Å². The summed E-state index contributed by atoms with van der Waals surface area (Å²) >= 11 is 1.19. The van der Waals surface area contributed by atoms with Crippen LogP contribution >= 0.6 is 11.3 Å². The van der Waals surface area contributed by atoms with Crippen molar-refractivity contribution in [2.75, 3.05) is 25.6 Å². The van der Waals surface area contributed by atoms with Crippen LogP contribution in [-0.4, -0.2) is 40.6 Å². The number of esters is 1. The molecule has 0 spiro atoms. The number of ether oxygens (including phenoxy) is 2. The SMILES string of the molecule is COC(=O)c1cccc2sc(N(C)S(=O)(=O)c3c(C)cc(OC)cc3C)nc12. The molecule has 0 bridgehead atoms. The molecule has 28 heavy (non-hydrogen) atoms. The average Bonchev–Trinajstić information content (AvgIpc) is 3.09. The van der Waals surface area contributed by atoms with Gasteiger partial charge in [0.1, 0.15) is 5.75 Å². The first-order valence-corrected chi connectivity index (χ1v) is 10.6. The van der Waals surface area contributed by atoms with E-state index in [1.807, 2.05) is 0 Å². The molecule has 0 radical (unpaired) electrons. The van der Waals surface area contributed by atoms with Crippen molar-refractivity contribution in [3.05, 3.63) is 47.0 Å². The molecule has 0 atom stereocenters. The van der Waals surface area contributed by atoms with Crippen LogP contribution in [0.25, 0.3) is 10.2 Å². The van der Waals surface area contributed by atoms with Crippen molar-refractivity contribution in [3.8, 4) is 5.75 Å². The molecule has 9 heteroatoms. The van der Waals surface area contributed by atoms with Gasteiger partial charge in [0, 0.05) is 7.05 Å². The van der Waals surface area contributed by atoms with Gasteiger partial charge >= 0.3 is 5.97 Å². The highest BCUT2D eigenvalue weighted by molar-refractivity contribution is 7.93. The fraction of sp³-hybridized carbons (Fsp3) is 0.263. The molecule has 1 heterocycles. The van der Waals surface area contributed by atoms with E-state index in [0.29, 0.717) is 32.7 Å². The molecule has 7 nitrogen and oxygen atoms in total. The van der Waals surface area contributed by atoms with Gasteiger partial charge < -0.3 is 9.47 Å². The Kier molecular flexibility index (Phi) is 5.31. The lowest BCUT2D eigenvalue weighted by molar-refractivity contribution is 0.0603. The molecule has 0 N–H and O–H groups in total. The summed E-state index contributed by atoms with van der Waals surface area (Å²) in [7, 11) is 0.425. The third-order valence-corrected chi connectivity index (χ3v) is 7.64. The summed E-state index contributed by atoms with van der Waals surface area (Å²) < 4.78 is 38.4. The van der Waals surface area contributed by atoms with Gasteiger partial charge in [0.2, 0.25) is 0 Å². The van der Waals surface area contributed by atoms with Gasteiger partial charge in [-0.25, -0.2) is 22.5 Å². The summed E-state index contributed by atoms with van der Waals surface area (Å²) in [6.07, 6.45) is 0. The first-order valence-electron chi connectivity index (χ1n) is 8.32. The molecule has 1 aromatic heterocycles. The van der Waals surface area contributed by atoms with Crippen LogP contribution < -0.4 is 9.04 Å². The molecule has 0 amide bonds. The smallest absolute Gasteiger partial charge is 0.340 e. The fourth-order valence-electron chi connectivity index (χ4n) is 3.02. The van der Waals surface area contributed by atoms with Crippen LogP contribution in [0.2, 0.25) is 0 Å². The Labute approximate surface area is 167 Å². The van der Waals surface area contributed by atoms with Crippen molar-refractivity contribution in [3.63, 3.8) is 0 Å². The minimum atomic E-state index is -3.86. The van der Waals surface area contributed by atoms with Gasteiger partial charge in [0.05, 0.1) is 34.9 Å². The minimum Gasteiger partial charge on any atom is -0.497 e. The number of hydrogen-bond donors (Lipinski definition) is 0. The highest BCUT2D eigenvalue weighted by Gasteiger charge is 2.28. The predicted molar refractivity (Wildman–Crippen MR) is 109 cm³/mol. The Hall–Kier alpha value is -2.65. The number of sulfonamides is 1. The fourth-order valence-corrected chi connectivity index (χ4v) is 5.74. The van der Waals surface area contributed by atoms with Gasteiger partial charge in [0.15, 0.2) is 5.13 Å². The molecule has 0 unspecified atom stereocenters. The van der Waals surface area contributed by atoms with E-state index < -0.39 is 16.0 Å². The topological polar surface area (TPSA) is 85.8 Å². The van der Waals surface area contributed by atoms with E-state index in [1.165, 1.54) is 32.6 Å². The van der Waals surface area contributed by atoms with E-state index in [-0.39, 0.29) is 10.0 Å². The normalized spacial score (nSPS) is 11.5. The number of nitrogens with zero attached hydrogens (tertiary/aromatic N) is 2. The molecule has 0 saturated heterocycles. The van der Waals surface area contributed by atoms with Crippen molar-refractivity contribution in [1.29, 1.82) is 0 Å². The zero-order valence-corrected chi connectivity index (χ0v) is 17.8. The average molecular weight is 421 g/mol. The number of hydrogen-bond acceptors (Lipinski definition) is 7. The number of methoxy groups -OCH3 is 2. The number of benzene rings is 2. The molecule has 148 valence electrons. The standard InChI is InChI=1S/C19H20N2O5S2/c1-11-9-13(25-4)10-12(2)17(11)28(23,24)21(3)19-20-16-14(18(22)26-5)7-6-8-15(16)27-19/h6-10H,1-5H3. The molecule has 3 rings (SSSR count). The third-order valence-electron chi connectivity index (χ3n) is 4.37. The molecule has 3 aromatic rings. The first-order chi connectivity index (χ1) is 13.2. The van der Waals surface area contributed by atoms with Crippen LogP contribution in [0.1, 0.15) is 21.5 Å². The van der Waals surface area contributed by atoms with E-state index in [9.17, 15) is 13.2 Å². The number of anilines is 1. The Morgan fingerprint density at radius 3 is 2.36 bits per heavy atom. The number of para-hydroxylation sites is 1. The molecule has 0 aliphatic carbocycles. The molecule has 0 aliphatic heterocycles. The number of carbonyl (C=O) groups is 1. The van der Waals surface area contributed by atoms with Crippen LogP contribution in [0.5, 0.6) is 5.75 Å². The zero-order chi connectivity index (χ0) is 20.6. The maximum atomic E-state index is 13.3. The summed E-state index contributed by atoms with van der Waals surface area (Å²) in [6.45, 7) is 3.45. The molecule has 0 fully saturated rings. The van der Waals surface area contributed by atoms with Crippen LogP contribution in [-0.2, 0) is 14.8 Å². The number of carbonyl (C=O) groups excluding carboxylic acids is 1. The lowest BCUT2D eigenvalue weighted by atomic mass is 10.1. The van der Waals surface area contributed by atoms with Crippen molar-refractivity contribution in [2.45, 2.75) is 18.7 Å². The second-order valence-electron chi connectivity index (χ2n) is 6.20. The quantitative estimate of drug-likeness (QED) is 0.587. The number of thiazole rings is 1. The zero-order valence-electron chi connectivity index (χ0n) is 16.1. The summed E-state index contributed by atoms with van der Waals surface area (Å²) in [5.41, 5.74) is 1.88. The monoisotopic (exact) mass is 420 g/mol. The van der Waals surface area contributed by atoms with Crippen LogP contribution in [0.4, 0.5) is 5.13 Å². The maximum Gasteiger partial charge on any atom is 0.340 e. The van der Waals surface area contributed by atoms with E-state index in [4.69, 9.17) is 9.47 Å². The number of rotatable bonds is 5. The first kappa shape index (κ1) is 20.1. The summed E-state index contributed by atoms with van der Waals surface area (Å²) in [6, 6.07) is 8.46. The highest BCUT2D eigenvalue weighted by Crippen LogP contribution is 2.35. The molecular formula is C19H20N2O5S2. The maximum absolute atomic E-state index is 13.3. The van der Waals surface area contributed by atoms with E-state index in [0.717, 1.165) is 4.31 Å². The van der Waals surface area contributed by atoms with Gasteiger partial charge in [-0.3, -0.25) is 0 Å². The van der Waals surface area contributed by atoms with E-state index in [2.05, 4.69) is 4.98 Å². The van der Waals surface area contributed by atoms with Crippen molar-refractivity contribution in [1.82, 2.24) is 4.98 Å². The molecule has 0 saturated carbocycles. The number of aryl methyl sites for hydroxylation is 2. The van der Waals surface area contributed by atoms with Crippen molar-refractivity contribution in [2.24, 2.45) is 0 Å². The van der Waals surface area contributed by atoms with Gasteiger partial charge in [-0.05, 0) is 49.2 Å². The largest absolute Gasteiger partial charge is 0.497 e. The third kappa shape index (κ3) is 3.31. The Balaban J connectivity index is 2.11. The van der Waals surface area contributed by atoms with Gasteiger partial charge in [-0.2, -0.15) is 0 Å². The van der Waals surface area contributed by atoms with E-state index in [1.54, 1.807) is 44.2 Å².